The van der Waals surface area contributed by atoms with Gasteiger partial charge in [0.15, 0.2) is 0 Å². The molecule has 0 saturated carbocycles. The Morgan fingerprint density at radius 3 is 1.93 bits per heavy atom. The van der Waals surface area contributed by atoms with Crippen molar-refractivity contribution in [1.82, 2.24) is 0 Å². The van der Waals surface area contributed by atoms with Gasteiger partial charge in [0.1, 0.15) is 0 Å². The van der Waals surface area contributed by atoms with Crippen molar-refractivity contribution >= 4 is 3.21 Å². The van der Waals surface area contributed by atoms with E-state index in [0.29, 0.717) is 0 Å². The van der Waals surface area contributed by atoms with E-state index in [9.17, 15) is 0 Å². The van der Waals surface area contributed by atoms with E-state index < -0.39 is 0 Å². The van der Waals surface area contributed by atoms with Crippen LogP contribution >= 0.6 is 0 Å². The molecule has 2 rings (SSSR count). The molecular formula is C14H12Zr. The summed E-state index contributed by atoms with van der Waals surface area (Å²) in [6.45, 7) is 2.12. The van der Waals surface area contributed by atoms with Crippen LogP contribution in [0.1, 0.15) is 16.7 Å². The fourth-order valence-electron chi connectivity index (χ4n) is 1.49. The van der Waals surface area contributed by atoms with E-state index in [1.165, 1.54) is 44.1 Å². The van der Waals surface area contributed by atoms with Crippen molar-refractivity contribution in [3.05, 3.63) is 71.3 Å². The Balaban J connectivity index is 2.33. The predicted molar refractivity (Wildman–Crippen MR) is 60.8 cm³/mol. The summed E-state index contributed by atoms with van der Waals surface area (Å²) in [6.07, 6.45) is 0. The minimum atomic E-state index is 1.32. The molecule has 0 fully saturated rings. The summed E-state index contributed by atoms with van der Waals surface area (Å²) < 4.78 is 1.42. The van der Waals surface area contributed by atoms with Crippen molar-refractivity contribution in [3.8, 4) is 0 Å². The molecule has 0 atom stereocenters. The maximum atomic E-state index is 2.20. The summed E-state index contributed by atoms with van der Waals surface area (Å²) in [7, 11) is 0. The van der Waals surface area contributed by atoms with Gasteiger partial charge in [-0.2, -0.15) is 0 Å². The van der Waals surface area contributed by atoms with Gasteiger partial charge in [-0.3, -0.25) is 0 Å². The summed E-state index contributed by atoms with van der Waals surface area (Å²) >= 11 is 1.46. The van der Waals surface area contributed by atoms with E-state index in [2.05, 4.69) is 61.5 Å². The van der Waals surface area contributed by atoms with Crippen LogP contribution in [0.5, 0.6) is 0 Å². The van der Waals surface area contributed by atoms with Gasteiger partial charge in [-0.1, -0.05) is 0 Å². The van der Waals surface area contributed by atoms with Gasteiger partial charge in [0.05, 0.1) is 0 Å². The maximum absolute atomic E-state index is 2.20. The van der Waals surface area contributed by atoms with E-state index in [1.54, 1.807) is 0 Å². The Morgan fingerprint density at radius 1 is 0.800 bits per heavy atom. The van der Waals surface area contributed by atoms with E-state index in [4.69, 9.17) is 0 Å². The average Bonchev–Trinajstić information content (AvgIpc) is 2.30. The molecule has 0 aliphatic rings. The monoisotopic (exact) mass is 270 g/mol. The molecule has 2 aromatic carbocycles. The predicted octanol–water partition coefficient (Wildman–Crippen LogP) is 3.11. The van der Waals surface area contributed by atoms with Crippen LogP contribution in [0.15, 0.2) is 54.6 Å². The third-order valence-electron chi connectivity index (χ3n) is 2.40. The van der Waals surface area contributed by atoms with Crippen LogP contribution in [0, 0.1) is 6.92 Å². The van der Waals surface area contributed by atoms with Gasteiger partial charge in [0.2, 0.25) is 0 Å². The second kappa shape index (κ2) is 4.81. The Morgan fingerprint density at radius 2 is 1.33 bits per heavy atom. The van der Waals surface area contributed by atoms with Gasteiger partial charge >= 0.3 is 106 Å². The summed E-state index contributed by atoms with van der Waals surface area (Å²) in [5, 5.41) is 0. The first kappa shape index (κ1) is 10.7. The van der Waals surface area contributed by atoms with Crippen LogP contribution in [0.4, 0.5) is 0 Å². The molecule has 0 nitrogen and oxygen atoms in total. The molecule has 15 heavy (non-hydrogen) atoms. The van der Waals surface area contributed by atoms with Crippen molar-refractivity contribution in [2.45, 2.75) is 6.92 Å². The van der Waals surface area contributed by atoms with Gasteiger partial charge in [0.25, 0.3) is 0 Å². The zero-order valence-corrected chi connectivity index (χ0v) is 11.2. The van der Waals surface area contributed by atoms with Crippen molar-refractivity contribution in [2.24, 2.45) is 0 Å². The molecular weight excluding hydrogens is 259 g/mol. The van der Waals surface area contributed by atoms with E-state index >= 15 is 0 Å². The SMILES string of the molecule is Cc1ccc([C](=[Zr])c2ccccc2)cc1. The Bertz CT molecular complexity index is 454. The topological polar surface area (TPSA) is 0 Å². The molecule has 0 aliphatic heterocycles. The molecule has 0 radical (unpaired) electrons. The van der Waals surface area contributed by atoms with Gasteiger partial charge in [-0.25, -0.2) is 0 Å². The zero-order valence-electron chi connectivity index (χ0n) is 8.70. The molecule has 0 aliphatic carbocycles. The average molecular weight is 271 g/mol. The third-order valence-corrected chi connectivity index (χ3v) is 3.82. The van der Waals surface area contributed by atoms with Crippen LogP contribution in [-0.4, -0.2) is 3.21 Å². The van der Waals surface area contributed by atoms with Crippen LogP contribution in [0.2, 0.25) is 0 Å². The van der Waals surface area contributed by atoms with Crippen molar-refractivity contribution in [1.29, 1.82) is 0 Å². The quantitative estimate of drug-likeness (QED) is 0.787. The summed E-state index contributed by atoms with van der Waals surface area (Å²) in [5.74, 6) is 0. The van der Waals surface area contributed by atoms with Crippen molar-refractivity contribution < 1.29 is 24.2 Å². The molecule has 0 aromatic heterocycles. The first-order valence-corrected chi connectivity index (χ1v) is 6.21. The molecule has 0 N–H and O–H groups in total. The number of hydrogen-bond acceptors (Lipinski definition) is 0. The number of benzene rings is 2. The first-order valence-electron chi connectivity index (χ1n) is 4.98. The van der Waals surface area contributed by atoms with Gasteiger partial charge in [0, 0.05) is 0 Å². The standard InChI is InChI=1S/C14H12.Zr/c1-12-7-9-14(10-8-12)11-13-5-3-2-4-6-13;/h2-10H,1H3;. The fourth-order valence-corrected chi connectivity index (χ4v) is 2.31. The van der Waals surface area contributed by atoms with Crippen LogP contribution in [0.25, 0.3) is 0 Å². The fraction of sp³-hybridized carbons (Fsp3) is 0.0714. The second-order valence-electron chi connectivity index (χ2n) is 3.61. The van der Waals surface area contributed by atoms with Gasteiger partial charge in [-0.05, 0) is 0 Å². The molecule has 0 amide bonds. The van der Waals surface area contributed by atoms with Crippen LogP contribution < -0.4 is 0 Å². The molecule has 2 aromatic rings. The summed E-state index contributed by atoms with van der Waals surface area (Å²) in [6, 6.07) is 19.3. The van der Waals surface area contributed by atoms with Crippen molar-refractivity contribution in [2.75, 3.05) is 0 Å². The van der Waals surface area contributed by atoms with E-state index in [1.807, 2.05) is 0 Å². The molecule has 0 saturated heterocycles. The number of rotatable bonds is 2. The van der Waals surface area contributed by atoms with Crippen LogP contribution in [0.3, 0.4) is 0 Å². The summed E-state index contributed by atoms with van der Waals surface area (Å²) in [5.41, 5.74) is 3.99. The molecule has 1 heteroatoms. The first-order chi connectivity index (χ1) is 7.27. The Hall–Kier alpha value is -0.807. The zero-order chi connectivity index (χ0) is 10.7. The molecule has 0 spiro atoms. The van der Waals surface area contributed by atoms with E-state index in [-0.39, 0.29) is 0 Å². The minimum absolute atomic E-state index is 1.32. The van der Waals surface area contributed by atoms with Crippen molar-refractivity contribution in [3.63, 3.8) is 0 Å². The third kappa shape index (κ3) is 2.60. The molecule has 0 heterocycles. The number of hydrogen-bond donors (Lipinski definition) is 0. The summed E-state index contributed by atoms with van der Waals surface area (Å²) in [4.78, 5) is 0. The van der Waals surface area contributed by atoms with Gasteiger partial charge < -0.3 is 0 Å². The van der Waals surface area contributed by atoms with Crippen LogP contribution in [-0.2, 0) is 24.2 Å². The second-order valence-corrected chi connectivity index (χ2v) is 4.84. The number of aryl methyl sites for hydroxylation is 1. The molecule has 0 bridgehead atoms. The van der Waals surface area contributed by atoms with Gasteiger partial charge in [-0.15, -0.1) is 0 Å². The van der Waals surface area contributed by atoms with E-state index in [0.717, 1.165) is 0 Å². The Labute approximate surface area is 105 Å². The Kier molecular flexibility index (Phi) is 3.43. The molecule has 72 valence electrons. The normalized spacial score (nSPS) is 9.87. The molecule has 0 unspecified atom stereocenters.